The third-order valence-corrected chi connectivity index (χ3v) is 13.3. The van der Waals surface area contributed by atoms with Crippen LogP contribution < -0.4 is 24.6 Å². The average molecular weight is 787 g/mol. The molecule has 2 saturated carbocycles. The van der Waals surface area contributed by atoms with E-state index in [1.807, 2.05) is 6.07 Å². The number of thiazole rings is 1. The topological polar surface area (TPSA) is 118 Å². The maximum absolute atomic E-state index is 14.0. The van der Waals surface area contributed by atoms with Crippen LogP contribution in [0.2, 0.25) is 0 Å². The number of H-pyrrole nitrogens is 1. The molecule has 8 rings (SSSR count). The van der Waals surface area contributed by atoms with Gasteiger partial charge in [-0.05, 0) is 78.3 Å². The van der Waals surface area contributed by atoms with Crippen LogP contribution in [0.15, 0.2) is 81.0 Å². The SMILES string of the molecule is COc1cc([C@H]2c3sc(=O)[nH]c3SC3C2[C@H]2C[C@@H]3C3C(=O)N(c4ccc(Br)cc4)C(=O)C32)ccc1OCC(=O)Nc1ccccc1C(F)(F)F. The van der Waals surface area contributed by atoms with E-state index in [0.717, 1.165) is 43.8 Å². The first-order valence-electron chi connectivity index (χ1n) is 15.7. The van der Waals surface area contributed by atoms with Crippen LogP contribution in [0.1, 0.15) is 28.3 Å². The van der Waals surface area contributed by atoms with E-state index in [2.05, 4.69) is 26.2 Å². The van der Waals surface area contributed by atoms with Crippen LogP contribution in [0.25, 0.3) is 0 Å². The Morgan fingerprint density at radius 3 is 2.44 bits per heavy atom. The smallest absolute Gasteiger partial charge is 0.418 e. The number of nitrogens with one attached hydrogen (secondary N) is 2. The van der Waals surface area contributed by atoms with Crippen molar-refractivity contribution in [2.24, 2.45) is 29.6 Å². The number of amides is 3. The lowest BCUT2D eigenvalue weighted by atomic mass is 9.68. The fraction of sp³-hybridized carbons (Fsp3) is 0.314. The zero-order valence-electron chi connectivity index (χ0n) is 26.0. The Labute approximate surface area is 299 Å². The number of imide groups is 1. The van der Waals surface area contributed by atoms with Gasteiger partial charge in [0.2, 0.25) is 11.8 Å². The summed E-state index contributed by atoms with van der Waals surface area (Å²) < 4.78 is 52.4. The molecule has 7 atom stereocenters. The van der Waals surface area contributed by atoms with Crippen LogP contribution in [0.5, 0.6) is 11.5 Å². The number of aromatic amines is 1. The minimum absolute atomic E-state index is 0.0178. The number of hydrogen-bond acceptors (Lipinski definition) is 8. The summed E-state index contributed by atoms with van der Waals surface area (Å²) in [6, 6.07) is 17.0. The Morgan fingerprint density at radius 1 is 1.00 bits per heavy atom. The van der Waals surface area contributed by atoms with Crippen LogP contribution in [-0.2, 0) is 20.6 Å². The van der Waals surface area contributed by atoms with Gasteiger partial charge in [0, 0.05) is 20.5 Å². The molecule has 4 aromatic rings. The van der Waals surface area contributed by atoms with E-state index in [-0.39, 0.29) is 57.0 Å². The van der Waals surface area contributed by atoms with Gasteiger partial charge >= 0.3 is 11.0 Å². The van der Waals surface area contributed by atoms with Crippen LogP contribution in [0.4, 0.5) is 24.5 Å². The van der Waals surface area contributed by atoms with Crippen LogP contribution in [0, 0.1) is 29.6 Å². The van der Waals surface area contributed by atoms with Crippen molar-refractivity contribution < 1.29 is 37.0 Å². The maximum atomic E-state index is 14.0. The Hall–Kier alpha value is -4.08. The van der Waals surface area contributed by atoms with E-state index >= 15 is 0 Å². The van der Waals surface area contributed by atoms with Gasteiger partial charge in [0.1, 0.15) is 0 Å². The maximum Gasteiger partial charge on any atom is 0.418 e. The molecule has 3 amide bonds. The largest absolute Gasteiger partial charge is 0.493 e. The summed E-state index contributed by atoms with van der Waals surface area (Å²) >= 11 is 6.12. The second kappa shape index (κ2) is 12.3. The lowest BCUT2D eigenvalue weighted by molar-refractivity contribution is -0.137. The summed E-state index contributed by atoms with van der Waals surface area (Å²) in [6.07, 6.45) is -3.92. The number of aromatic nitrogens is 1. The predicted molar refractivity (Wildman–Crippen MR) is 184 cm³/mol. The zero-order valence-corrected chi connectivity index (χ0v) is 29.3. The van der Waals surface area contributed by atoms with Crippen LogP contribution in [0.3, 0.4) is 0 Å². The molecule has 15 heteroatoms. The highest BCUT2D eigenvalue weighted by Gasteiger charge is 2.69. The van der Waals surface area contributed by atoms with E-state index in [9.17, 15) is 32.3 Å². The Morgan fingerprint density at radius 2 is 1.72 bits per heavy atom. The summed E-state index contributed by atoms with van der Waals surface area (Å²) in [7, 11) is 1.44. The number of carbonyl (C=O) groups is 3. The third-order valence-electron chi connectivity index (χ3n) is 10.2. The molecule has 3 fully saturated rings. The van der Waals surface area contributed by atoms with Gasteiger partial charge in [-0.15, -0.1) is 11.8 Å². The van der Waals surface area contributed by atoms with Gasteiger partial charge in [0.25, 0.3) is 5.91 Å². The number of hydrogen-bond donors (Lipinski definition) is 2. The van der Waals surface area contributed by atoms with Crippen molar-refractivity contribution >= 4 is 68.1 Å². The van der Waals surface area contributed by atoms with Gasteiger partial charge in [0.05, 0.1) is 40.9 Å². The number of methoxy groups -OCH3 is 1. The normalized spacial score (nSPS) is 26.4. The molecule has 50 heavy (non-hydrogen) atoms. The molecule has 0 spiro atoms. The van der Waals surface area contributed by atoms with Crippen molar-refractivity contribution in [2.75, 3.05) is 23.9 Å². The van der Waals surface area contributed by atoms with Gasteiger partial charge < -0.3 is 19.8 Å². The number of alkyl halides is 3. The van der Waals surface area contributed by atoms with E-state index in [1.54, 1.807) is 48.2 Å². The van der Waals surface area contributed by atoms with Crippen molar-refractivity contribution in [1.29, 1.82) is 0 Å². The van der Waals surface area contributed by atoms with Gasteiger partial charge in [-0.25, -0.2) is 0 Å². The first-order valence-corrected chi connectivity index (χ1v) is 18.2. The molecule has 2 bridgehead atoms. The summed E-state index contributed by atoms with van der Waals surface area (Å²) in [5, 5.41) is 3.01. The summed E-state index contributed by atoms with van der Waals surface area (Å²) in [5.74, 6) is -2.05. The van der Waals surface area contributed by atoms with Crippen LogP contribution in [-0.4, -0.2) is 41.7 Å². The van der Waals surface area contributed by atoms with Crippen molar-refractivity contribution in [3.63, 3.8) is 0 Å². The van der Waals surface area contributed by atoms with Crippen LogP contribution >= 0.6 is 39.0 Å². The zero-order chi connectivity index (χ0) is 35.1. The highest BCUT2D eigenvalue weighted by Crippen LogP contribution is 2.69. The molecular formula is C35H27BrF3N3O6S2. The summed E-state index contributed by atoms with van der Waals surface area (Å²) in [6.45, 7) is -0.575. The number of thioether (sulfide) groups is 1. The predicted octanol–water partition coefficient (Wildman–Crippen LogP) is 6.92. The van der Waals surface area contributed by atoms with E-state index < -0.39 is 36.1 Å². The van der Waals surface area contributed by atoms with Gasteiger partial charge in [-0.3, -0.25) is 24.1 Å². The molecule has 2 aliphatic heterocycles. The second-order valence-electron chi connectivity index (χ2n) is 12.7. The number of ether oxygens (including phenoxy) is 2. The molecule has 3 aromatic carbocycles. The lowest BCUT2D eigenvalue weighted by Crippen LogP contribution is -2.42. The van der Waals surface area contributed by atoms with Crippen molar-refractivity contribution in [3.8, 4) is 11.5 Å². The molecule has 9 nitrogen and oxygen atoms in total. The highest BCUT2D eigenvalue weighted by molar-refractivity contribution is 9.10. The van der Waals surface area contributed by atoms with E-state index in [1.165, 1.54) is 30.2 Å². The Bertz CT molecular complexity index is 2100. The first-order chi connectivity index (χ1) is 23.9. The molecule has 1 saturated heterocycles. The standard InChI is InChI=1S/C35H27BrF3N3O6S2/c1-47-23-12-15(6-11-22(23)48-14-24(43)40-21-5-3-2-4-20(21)35(37,38)39)25-26-18-13-19(29(26)49-31-30(25)50-34(46)41-31)28-27(18)32(44)42(33(28)45)17-9-7-16(36)8-10-17/h2-12,18-19,25-29H,13-14H2,1H3,(H,40,43)(H,41,46)/t18-,19-,25-,26?,27?,28?,29?/m1/s1. The van der Waals surface area contributed by atoms with Crippen molar-refractivity contribution in [3.05, 3.63) is 96.9 Å². The quantitative estimate of drug-likeness (QED) is 0.196. The summed E-state index contributed by atoms with van der Waals surface area (Å²) in [5.41, 5.74) is 0.0149. The molecule has 0 radical (unpaired) electrons. The average Bonchev–Trinajstić information content (AvgIpc) is 3.82. The number of fused-ring (bicyclic) bond motifs is 9. The fourth-order valence-corrected chi connectivity index (χ4v) is 11.6. The molecule has 2 N–H and O–H groups in total. The second-order valence-corrected chi connectivity index (χ2v) is 15.9. The molecule has 3 heterocycles. The number of nitrogens with zero attached hydrogens (tertiary/aromatic N) is 1. The van der Waals surface area contributed by atoms with Crippen molar-refractivity contribution in [2.45, 2.75) is 28.8 Å². The fourth-order valence-electron chi connectivity index (χ4n) is 8.40. The molecule has 4 aliphatic rings. The van der Waals surface area contributed by atoms with E-state index in [4.69, 9.17) is 9.47 Å². The third kappa shape index (κ3) is 5.35. The van der Waals surface area contributed by atoms with Gasteiger partial charge in [-0.2, -0.15) is 13.2 Å². The number of benzene rings is 3. The molecule has 4 unspecified atom stereocenters. The monoisotopic (exact) mass is 785 g/mol. The minimum atomic E-state index is -4.65. The first kappa shape index (κ1) is 33.1. The molecule has 2 aliphatic carbocycles. The minimum Gasteiger partial charge on any atom is -0.493 e. The number of rotatable bonds is 7. The van der Waals surface area contributed by atoms with Crippen molar-refractivity contribution in [1.82, 2.24) is 4.98 Å². The van der Waals surface area contributed by atoms with Gasteiger partial charge in [0.15, 0.2) is 18.1 Å². The number of anilines is 2. The lowest BCUT2D eigenvalue weighted by Gasteiger charge is -2.43. The number of carbonyl (C=O) groups excluding carboxylic acids is 3. The molecule has 258 valence electrons. The highest BCUT2D eigenvalue weighted by atomic mass is 79.9. The summed E-state index contributed by atoms with van der Waals surface area (Å²) in [4.78, 5) is 58.2. The molecule has 1 aromatic heterocycles. The Balaban J connectivity index is 1.07. The van der Waals surface area contributed by atoms with Gasteiger partial charge in [-0.1, -0.05) is 45.5 Å². The number of para-hydroxylation sites is 1. The molecular weight excluding hydrogens is 759 g/mol. The number of halogens is 4. The van der Waals surface area contributed by atoms with E-state index in [0.29, 0.717) is 11.4 Å². The Kier molecular flexibility index (Phi) is 8.14.